The van der Waals surface area contributed by atoms with Crippen LogP contribution in [-0.4, -0.2) is 17.9 Å². The van der Waals surface area contributed by atoms with E-state index in [9.17, 15) is 14.4 Å². The quantitative estimate of drug-likeness (QED) is 0.438. The molecule has 0 aromatic carbocycles. The molecule has 0 atom stereocenters. The SMILES string of the molecule is C=CC1=CC(=O)OC1=O.C=CCl.C=COC(C)=O. The molecule has 0 N–H and O–H groups in total. The summed E-state index contributed by atoms with van der Waals surface area (Å²) in [5.74, 6) is -1.56. The molecule has 0 bridgehead atoms. The lowest BCUT2D eigenvalue weighted by Crippen LogP contribution is -1.99. The summed E-state index contributed by atoms with van der Waals surface area (Å²) < 4.78 is 8.29. The van der Waals surface area contributed by atoms with E-state index in [2.05, 4.69) is 29.2 Å². The minimum atomic E-state index is -0.616. The first-order chi connectivity index (χ1) is 8.42. The maximum atomic E-state index is 10.4. The monoisotopic (exact) mass is 272 g/mol. The summed E-state index contributed by atoms with van der Waals surface area (Å²) in [6.07, 6.45) is 3.49. The molecule has 1 heterocycles. The summed E-state index contributed by atoms with van der Waals surface area (Å²) in [5.41, 5.74) is 1.44. The Morgan fingerprint density at radius 2 is 1.89 bits per heavy atom. The number of halogens is 1. The van der Waals surface area contributed by atoms with Crippen molar-refractivity contribution in [3.05, 3.63) is 49.3 Å². The van der Waals surface area contributed by atoms with Crippen molar-refractivity contribution in [3.8, 4) is 0 Å². The van der Waals surface area contributed by atoms with Crippen LogP contribution in [-0.2, 0) is 23.9 Å². The Hall–Kier alpha value is -2.14. The van der Waals surface area contributed by atoms with Crippen LogP contribution in [0.3, 0.4) is 0 Å². The van der Waals surface area contributed by atoms with E-state index >= 15 is 0 Å². The van der Waals surface area contributed by atoms with Crippen molar-refractivity contribution in [1.29, 1.82) is 0 Å². The van der Waals surface area contributed by atoms with E-state index in [0.29, 0.717) is 0 Å². The van der Waals surface area contributed by atoms with E-state index in [4.69, 9.17) is 11.6 Å². The molecule has 0 fully saturated rings. The van der Waals surface area contributed by atoms with Crippen LogP contribution in [0.4, 0.5) is 0 Å². The zero-order valence-electron chi connectivity index (χ0n) is 9.85. The summed E-state index contributed by atoms with van der Waals surface area (Å²) in [7, 11) is 0. The molecule has 18 heavy (non-hydrogen) atoms. The normalized spacial score (nSPS) is 11.6. The average molecular weight is 273 g/mol. The Labute approximate surface area is 110 Å². The molecule has 0 saturated carbocycles. The molecular formula is C12H13ClO5. The van der Waals surface area contributed by atoms with E-state index in [1.165, 1.54) is 18.5 Å². The number of hydrogen-bond acceptors (Lipinski definition) is 5. The Balaban J connectivity index is 0. The molecular weight excluding hydrogens is 260 g/mol. The van der Waals surface area contributed by atoms with Gasteiger partial charge in [-0.2, -0.15) is 0 Å². The molecule has 0 amide bonds. The van der Waals surface area contributed by atoms with Crippen LogP contribution in [0.2, 0.25) is 0 Å². The Morgan fingerprint density at radius 3 is 2.00 bits per heavy atom. The zero-order valence-corrected chi connectivity index (χ0v) is 10.6. The van der Waals surface area contributed by atoms with Crippen LogP contribution in [0.15, 0.2) is 49.3 Å². The Morgan fingerprint density at radius 1 is 1.39 bits per heavy atom. The second-order valence-electron chi connectivity index (χ2n) is 2.44. The first-order valence-electron chi connectivity index (χ1n) is 4.52. The van der Waals surface area contributed by atoms with E-state index in [0.717, 1.165) is 12.3 Å². The van der Waals surface area contributed by atoms with E-state index in [1.807, 2.05) is 0 Å². The zero-order chi connectivity index (χ0) is 14.6. The van der Waals surface area contributed by atoms with Gasteiger partial charge in [-0.25, -0.2) is 9.59 Å². The summed E-state index contributed by atoms with van der Waals surface area (Å²) in [4.78, 5) is 30.4. The minimum absolute atomic E-state index is 0.222. The third-order valence-corrected chi connectivity index (χ3v) is 1.17. The lowest BCUT2D eigenvalue weighted by molar-refractivity contribution is -0.150. The van der Waals surface area contributed by atoms with Gasteiger partial charge in [-0.1, -0.05) is 37.4 Å². The third-order valence-electron chi connectivity index (χ3n) is 1.17. The van der Waals surface area contributed by atoms with Crippen LogP contribution < -0.4 is 0 Å². The molecule has 5 nitrogen and oxygen atoms in total. The van der Waals surface area contributed by atoms with Crippen LogP contribution >= 0.6 is 11.6 Å². The molecule has 0 aliphatic carbocycles. The van der Waals surface area contributed by atoms with E-state index < -0.39 is 11.9 Å². The highest BCUT2D eigenvalue weighted by Gasteiger charge is 2.20. The van der Waals surface area contributed by atoms with Gasteiger partial charge >= 0.3 is 17.9 Å². The summed E-state index contributed by atoms with van der Waals surface area (Å²) in [6, 6.07) is 0. The van der Waals surface area contributed by atoms with Crippen molar-refractivity contribution < 1.29 is 23.9 Å². The number of ether oxygens (including phenoxy) is 2. The summed E-state index contributed by atoms with van der Waals surface area (Å²) in [6.45, 7) is 10.9. The van der Waals surface area contributed by atoms with Gasteiger partial charge in [0.2, 0.25) is 0 Å². The van der Waals surface area contributed by atoms with Gasteiger partial charge in [0.25, 0.3) is 0 Å². The maximum absolute atomic E-state index is 10.4. The highest BCUT2D eigenvalue weighted by Crippen LogP contribution is 2.07. The van der Waals surface area contributed by atoms with Gasteiger partial charge in [-0.3, -0.25) is 4.79 Å². The topological polar surface area (TPSA) is 69.7 Å². The Kier molecular flexibility index (Phi) is 11.5. The van der Waals surface area contributed by atoms with Crippen molar-refractivity contribution in [1.82, 2.24) is 0 Å². The van der Waals surface area contributed by atoms with Gasteiger partial charge < -0.3 is 9.47 Å². The number of rotatable bonds is 2. The average Bonchev–Trinajstić information content (AvgIpc) is 2.59. The molecule has 1 aliphatic heterocycles. The first-order valence-corrected chi connectivity index (χ1v) is 4.96. The van der Waals surface area contributed by atoms with Gasteiger partial charge in [0.05, 0.1) is 11.8 Å². The fourth-order valence-corrected chi connectivity index (χ4v) is 0.625. The van der Waals surface area contributed by atoms with Gasteiger partial charge in [-0.15, -0.1) is 0 Å². The highest BCUT2D eigenvalue weighted by molar-refractivity contribution is 6.25. The fraction of sp³-hybridized carbons (Fsp3) is 0.0833. The van der Waals surface area contributed by atoms with Crippen molar-refractivity contribution in [2.45, 2.75) is 6.92 Å². The molecule has 0 aromatic rings. The first kappa shape index (κ1) is 18.2. The minimum Gasteiger partial charge on any atom is -0.435 e. The predicted octanol–water partition coefficient (Wildman–Crippen LogP) is 2.24. The number of cyclic esters (lactones) is 2. The molecule has 1 aliphatic rings. The summed E-state index contributed by atoms with van der Waals surface area (Å²) in [5, 5.41) is 0. The molecule has 1 rings (SSSR count). The van der Waals surface area contributed by atoms with Crippen molar-refractivity contribution in [2.24, 2.45) is 0 Å². The van der Waals surface area contributed by atoms with Crippen molar-refractivity contribution >= 4 is 29.5 Å². The number of carbonyl (C=O) groups excluding carboxylic acids is 3. The lowest BCUT2D eigenvalue weighted by atomic mass is 10.3. The van der Waals surface area contributed by atoms with E-state index in [1.54, 1.807) is 0 Å². The smallest absolute Gasteiger partial charge is 0.346 e. The predicted molar refractivity (Wildman–Crippen MR) is 67.4 cm³/mol. The largest absolute Gasteiger partial charge is 0.435 e. The van der Waals surface area contributed by atoms with Gasteiger partial charge in [0.15, 0.2) is 0 Å². The van der Waals surface area contributed by atoms with Gasteiger partial charge in [0.1, 0.15) is 0 Å². The van der Waals surface area contributed by atoms with Crippen molar-refractivity contribution in [3.63, 3.8) is 0 Å². The van der Waals surface area contributed by atoms with Gasteiger partial charge in [0, 0.05) is 13.0 Å². The number of hydrogen-bond donors (Lipinski definition) is 0. The van der Waals surface area contributed by atoms with Crippen LogP contribution in [0, 0.1) is 0 Å². The fourth-order valence-electron chi connectivity index (χ4n) is 0.625. The molecule has 0 radical (unpaired) electrons. The third kappa shape index (κ3) is 10.4. The lowest BCUT2D eigenvalue weighted by Gasteiger charge is -1.85. The highest BCUT2D eigenvalue weighted by atomic mass is 35.5. The number of carbonyl (C=O) groups is 3. The summed E-state index contributed by atoms with van der Waals surface area (Å²) >= 11 is 4.76. The van der Waals surface area contributed by atoms with Crippen LogP contribution in [0.25, 0.3) is 0 Å². The van der Waals surface area contributed by atoms with Crippen LogP contribution in [0.1, 0.15) is 6.92 Å². The molecule has 0 spiro atoms. The van der Waals surface area contributed by atoms with Crippen molar-refractivity contribution in [2.75, 3.05) is 0 Å². The second-order valence-corrected chi connectivity index (χ2v) is 2.75. The van der Waals surface area contributed by atoms with Crippen LogP contribution in [0.5, 0.6) is 0 Å². The molecule has 0 saturated heterocycles. The number of esters is 3. The van der Waals surface area contributed by atoms with E-state index in [-0.39, 0.29) is 11.5 Å². The maximum Gasteiger partial charge on any atom is 0.346 e. The standard InChI is InChI=1S/C6H4O3.C4H6O2.C2H3Cl/c1-2-4-3-5(7)9-6(4)8;1-3-6-4(2)5;1-2-3/h2-3H,1H2;3H,1H2,2H3;2H,1H2. The molecule has 98 valence electrons. The molecule has 6 heteroatoms. The molecule has 0 aromatic heterocycles. The molecule has 0 unspecified atom stereocenters. The Bertz CT molecular complexity index is 382. The van der Waals surface area contributed by atoms with Gasteiger partial charge in [-0.05, 0) is 5.54 Å². The second kappa shape index (κ2) is 11.3.